The van der Waals surface area contributed by atoms with Crippen molar-refractivity contribution in [1.82, 2.24) is 24.6 Å². The second-order valence-corrected chi connectivity index (χ2v) is 10.5. The predicted octanol–water partition coefficient (Wildman–Crippen LogP) is -2.47. The second-order valence-electron chi connectivity index (χ2n) is 7.67. The molecule has 4 heterocycles. The minimum absolute atomic E-state index is 0.00445. The van der Waals surface area contributed by atoms with Crippen LogP contribution in [0.15, 0.2) is 21.6 Å². The minimum Gasteiger partial charge on any atom is -0.477 e. The van der Waals surface area contributed by atoms with Gasteiger partial charge in [-0.2, -0.15) is 9.36 Å². The monoisotopic (exact) mass is 583 g/mol. The molecule has 202 valence electrons. The molecule has 1 unspecified atom stereocenters. The number of thioether (sulfide) groups is 2. The topological polar surface area (TPSA) is 281 Å². The van der Waals surface area contributed by atoms with Gasteiger partial charge in [0.2, 0.25) is 17.4 Å². The molecule has 1 fully saturated rings. The lowest BCUT2D eigenvalue weighted by Gasteiger charge is -2.49. The molecule has 0 radical (unpaired) electrons. The molecule has 0 saturated carbocycles. The van der Waals surface area contributed by atoms with E-state index in [1.807, 2.05) is 0 Å². The molecule has 2 aliphatic rings. The SMILES string of the molecule is CCO/N=C(\C(=O)NC1C(=O)N2C(C(=O)O)=C(CSc3nc(N)c(N)c(N)[n+]3N)CS[C@H]12)c1nsc(N)n1. The van der Waals surface area contributed by atoms with Gasteiger partial charge in [0.1, 0.15) is 23.7 Å². The van der Waals surface area contributed by atoms with Gasteiger partial charge in [0.25, 0.3) is 17.6 Å². The molecule has 0 aromatic carbocycles. The van der Waals surface area contributed by atoms with Gasteiger partial charge in [-0.15, -0.1) is 16.4 Å². The van der Waals surface area contributed by atoms with Crippen molar-refractivity contribution in [3.8, 4) is 0 Å². The van der Waals surface area contributed by atoms with Crippen LogP contribution in [0.2, 0.25) is 0 Å². The standard InChI is InChI=1S/C18H22N12O5S3/c1-2-35-27-7(12-26-17(22)38-28-12)13(31)24-8-14(32)29-9(16(33)34)5(3-36-15(8)29)4-37-18-25-10(20)6(19)11(21)30(18)23/h8,15H,2-4,23H2,1H3,(H9,19,20,21,22,24,26,27,28,31,33,34)/p+1/t8?,15-/m1/s1. The summed E-state index contributed by atoms with van der Waals surface area (Å²) in [5.41, 5.74) is 22.9. The number of rotatable bonds is 9. The van der Waals surface area contributed by atoms with Crippen LogP contribution < -0.4 is 38.8 Å². The lowest BCUT2D eigenvalue weighted by atomic mass is 10.0. The van der Waals surface area contributed by atoms with E-state index in [1.54, 1.807) is 6.92 Å². The molecule has 20 heteroatoms. The van der Waals surface area contributed by atoms with Crippen LogP contribution in [0.1, 0.15) is 12.7 Å². The lowest BCUT2D eigenvalue weighted by Crippen LogP contribution is -2.71. The zero-order chi connectivity index (χ0) is 27.7. The first-order chi connectivity index (χ1) is 18.0. The predicted molar refractivity (Wildman–Crippen MR) is 141 cm³/mol. The number of amides is 2. The maximum Gasteiger partial charge on any atom is 0.352 e. The Morgan fingerprint density at radius 2 is 2.05 bits per heavy atom. The van der Waals surface area contributed by atoms with Crippen molar-refractivity contribution in [2.75, 3.05) is 46.9 Å². The van der Waals surface area contributed by atoms with Gasteiger partial charge in [0.05, 0.1) is 0 Å². The van der Waals surface area contributed by atoms with Gasteiger partial charge in [-0.3, -0.25) is 20.3 Å². The summed E-state index contributed by atoms with van der Waals surface area (Å²) in [6, 6.07) is -1.01. The Labute approximate surface area is 227 Å². The largest absolute Gasteiger partial charge is 0.477 e. The Kier molecular flexibility index (Phi) is 7.64. The number of aliphatic carboxylic acids is 1. The first-order valence-electron chi connectivity index (χ1n) is 10.7. The molecule has 4 rings (SSSR count). The van der Waals surface area contributed by atoms with Crippen LogP contribution >= 0.6 is 35.1 Å². The average molecular weight is 584 g/mol. The average Bonchev–Trinajstić information content (AvgIpc) is 3.32. The fraction of sp³-hybridized carbons (Fsp3) is 0.333. The van der Waals surface area contributed by atoms with Crippen molar-refractivity contribution < 1.29 is 29.0 Å². The first-order valence-corrected chi connectivity index (χ1v) is 13.5. The van der Waals surface area contributed by atoms with E-state index < -0.39 is 29.2 Å². The van der Waals surface area contributed by atoms with E-state index in [4.69, 9.17) is 33.6 Å². The van der Waals surface area contributed by atoms with E-state index in [2.05, 4.69) is 24.8 Å². The van der Waals surface area contributed by atoms with Crippen LogP contribution in [0.4, 0.5) is 22.5 Å². The second kappa shape index (κ2) is 10.8. The molecule has 0 bridgehead atoms. The van der Waals surface area contributed by atoms with Crippen LogP contribution in [0.3, 0.4) is 0 Å². The Bertz CT molecular complexity index is 1380. The molecule has 38 heavy (non-hydrogen) atoms. The highest BCUT2D eigenvalue weighted by Crippen LogP contribution is 2.41. The quantitative estimate of drug-likeness (QED) is 0.0306. The molecule has 0 spiro atoms. The van der Waals surface area contributed by atoms with E-state index in [0.29, 0.717) is 5.57 Å². The summed E-state index contributed by atoms with van der Waals surface area (Å²) in [4.78, 5) is 52.2. The van der Waals surface area contributed by atoms with Gasteiger partial charge < -0.3 is 38.2 Å². The Morgan fingerprint density at radius 1 is 1.32 bits per heavy atom. The van der Waals surface area contributed by atoms with Crippen molar-refractivity contribution >= 4 is 81.0 Å². The number of fused-ring (bicyclic) bond motifs is 1. The summed E-state index contributed by atoms with van der Waals surface area (Å²) in [5.74, 6) is 3.54. The van der Waals surface area contributed by atoms with Crippen molar-refractivity contribution in [2.24, 2.45) is 5.16 Å². The normalized spacial score (nSPS) is 19.1. The third kappa shape index (κ3) is 4.91. The zero-order valence-corrected chi connectivity index (χ0v) is 22.1. The van der Waals surface area contributed by atoms with Crippen molar-refractivity contribution in [2.45, 2.75) is 23.5 Å². The highest BCUT2D eigenvalue weighted by molar-refractivity contribution is 8.01. The molecule has 2 aromatic heterocycles. The number of carbonyl (C=O) groups excluding carboxylic acids is 2. The maximum atomic E-state index is 13.0. The van der Waals surface area contributed by atoms with E-state index in [0.717, 1.165) is 32.9 Å². The summed E-state index contributed by atoms with van der Waals surface area (Å²) >= 11 is 3.22. The molecule has 17 nitrogen and oxygen atoms in total. The number of nitrogen functional groups attached to an aromatic ring is 5. The maximum absolute atomic E-state index is 13.0. The van der Waals surface area contributed by atoms with Gasteiger partial charge in [-0.05, 0) is 24.3 Å². The molecule has 12 N–H and O–H groups in total. The number of hydrogen-bond acceptors (Lipinski definition) is 16. The van der Waals surface area contributed by atoms with Crippen LogP contribution in [-0.2, 0) is 19.2 Å². The highest BCUT2D eigenvalue weighted by atomic mass is 32.2. The van der Waals surface area contributed by atoms with Crippen LogP contribution in [0.5, 0.6) is 0 Å². The Balaban J connectivity index is 1.51. The van der Waals surface area contributed by atoms with Crippen LogP contribution in [0, 0.1) is 0 Å². The molecular weight excluding hydrogens is 560 g/mol. The fourth-order valence-corrected chi connectivity index (χ4v) is 6.34. The first kappa shape index (κ1) is 27.0. The summed E-state index contributed by atoms with van der Waals surface area (Å²) in [6.07, 6.45) is 0. The number of nitrogens with two attached hydrogens (primary N) is 5. The number of oxime groups is 1. The Hall–Kier alpha value is -4.04. The molecule has 1 saturated heterocycles. The van der Waals surface area contributed by atoms with Crippen molar-refractivity contribution in [3.05, 3.63) is 17.1 Å². The molecular formula is C18H23N12O5S3+. The van der Waals surface area contributed by atoms with E-state index in [-0.39, 0.29) is 63.0 Å². The molecule has 0 aliphatic carbocycles. The van der Waals surface area contributed by atoms with E-state index in [1.165, 1.54) is 11.8 Å². The third-order valence-electron chi connectivity index (χ3n) is 5.30. The van der Waals surface area contributed by atoms with Crippen LogP contribution in [-0.4, -0.2) is 77.4 Å². The summed E-state index contributed by atoms with van der Waals surface area (Å²) < 4.78 is 5.01. The van der Waals surface area contributed by atoms with Gasteiger partial charge >= 0.3 is 11.1 Å². The minimum atomic E-state index is -1.30. The van der Waals surface area contributed by atoms with Gasteiger partial charge in [0, 0.05) is 23.0 Å². The Morgan fingerprint density at radius 3 is 2.68 bits per heavy atom. The third-order valence-corrected chi connectivity index (χ3v) is 8.22. The lowest BCUT2D eigenvalue weighted by molar-refractivity contribution is -0.667. The summed E-state index contributed by atoms with van der Waals surface area (Å²) in [7, 11) is 0. The number of anilines is 4. The highest BCUT2D eigenvalue weighted by Gasteiger charge is 2.54. The van der Waals surface area contributed by atoms with Crippen molar-refractivity contribution in [3.63, 3.8) is 0 Å². The number of carbonyl (C=O) groups is 3. The molecule has 2 atom stereocenters. The van der Waals surface area contributed by atoms with E-state index in [9.17, 15) is 19.5 Å². The summed E-state index contributed by atoms with van der Waals surface area (Å²) in [5, 5.41) is 15.9. The van der Waals surface area contributed by atoms with Crippen LogP contribution in [0.25, 0.3) is 0 Å². The number of carboxylic acids is 1. The number of β-lactam (4-membered cyclic amide) rings is 1. The van der Waals surface area contributed by atoms with Crippen molar-refractivity contribution in [1.29, 1.82) is 0 Å². The summed E-state index contributed by atoms with van der Waals surface area (Å²) in [6.45, 7) is 1.84. The number of aromatic nitrogens is 4. The van der Waals surface area contributed by atoms with Gasteiger partial charge in [-0.1, -0.05) is 10.1 Å². The smallest absolute Gasteiger partial charge is 0.352 e. The molecule has 2 aliphatic heterocycles. The fourth-order valence-electron chi connectivity index (χ4n) is 3.48. The van der Waals surface area contributed by atoms with E-state index >= 15 is 0 Å². The number of nitrogens with one attached hydrogen (secondary N) is 1. The molecule has 2 amide bonds. The number of nitrogens with zero attached hydrogens (tertiary/aromatic N) is 6. The molecule has 2 aromatic rings. The van der Waals surface area contributed by atoms with Gasteiger partial charge in [0.15, 0.2) is 10.8 Å². The zero-order valence-electron chi connectivity index (χ0n) is 19.7. The van der Waals surface area contributed by atoms with Gasteiger partial charge in [-0.25, -0.2) is 4.79 Å². The number of hydrogen-bond donors (Lipinski definition) is 7. The number of carboxylic acid groups (broad SMARTS) is 1.